The van der Waals surface area contributed by atoms with Crippen molar-refractivity contribution in [1.82, 2.24) is 20.3 Å². The Morgan fingerprint density at radius 2 is 1.80 bits per heavy atom. The Kier molecular flexibility index (Phi) is 4.24. The molecule has 0 fully saturated rings. The summed E-state index contributed by atoms with van der Waals surface area (Å²) in [7, 11) is 0. The largest absolute Gasteiger partial charge is 0.463 e. The Balaban J connectivity index is 1.67. The lowest BCUT2D eigenvalue weighted by Crippen LogP contribution is -2.04. The van der Waals surface area contributed by atoms with E-state index in [9.17, 15) is 0 Å². The van der Waals surface area contributed by atoms with Crippen LogP contribution >= 0.6 is 22.6 Å². The van der Waals surface area contributed by atoms with E-state index in [2.05, 4.69) is 63.3 Å². The predicted octanol–water partition coefficient (Wildman–Crippen LogP) is 3.40. The summed E-state index contributed by atoms with van der Waals surface area (Å²) >= 11 is 2.23. The quantitative estimate of drug-likeness (QED) is 0.272. The molecule has 9 nitrogen and oxygen atoms in total. The Bertz CT molecular complexity index is 1030. The highest BCUT2D eigenvalue weighted by Gasteiger charge is 2.13. The molecule has 0 radical (unpaired) electrons. The molecule has 0 aliphatic heterocycles. The first-order valence-electron chi connectivity index (χ1n) is 7.14. The Morgan fingerprint density at radius 3 is 2.56 bits per heavy atom. The van der Waals surface area contributed by atoms with Crippen LogP contribution in [0.15, 0.2) is 56.8 Å². The molecule has 0 saturated heterocycles. The molecule has 0 amide bonds. The highest BCUT2D eigenvalue weighted by Crippen LogP contribution is 2.26. The maximum absolute atomic E-state index is 5.19. The van der Waals surface area contributed by atoms with Gasteiger partial charge in [0.2, 0.25) is 11.3 Å². The van der Waals surface area contributed by atoms with Crippen LogP contribution in [-0.2, 0) is 0 Å². The molecule has 0 bridgehead atoms. The van der Waals surface area contributed by atoms with Crippen molar-refractivity contribution in [1.29, 1.82) is 0 Å². The number of nitrogens with one attached hydrogen (secondary N) is 2. The van der Waals surface area contributed by atoms with Crippen LogP contribution in [0.4, 0.5) is 17.3 Å². The van der Waals surface area contributed by atoms with Gasteiger partial charge in [0.15, 0.2) is 11.6 Å². The number of hydrazone groups is 1. The molecular weight excluding hydrogens is 437 g/mol. The first kappa shape index (κ1) is 15.5. The molecular formula is C15H10IN7O2. The maximum atomic E-state index is 5.19. The second kappa shape index (κ2) is 6.84. The highest BCUT2D eigenvalue weighted by atomic mass is 127. The topological polar surface area (TPSA) is 114 Å². The molecule has 4 aromatic rings. The lowest BCUT2D eigenvalue weighted by Gasteiger charge is -2.10. The van der Waals surface area contributed by atoms with Gasteiger partial charge < -0.3 is 9.73 Å². The number of hydrogen-bond acceptors (Lipinski definition) is 9. The average Bonchev–Trinajstić information content (AvgIpc) is 3.28. The molecule has 4 rings (SSSR count). The normalized spacial score (nSPS) is 11.2. The third-order valence-corrected chi connectivity index (χ3v) is 4.09. The van der Waals surface area contributed by atoms with Gasteiger partial charge in [0, 0.05) is 3.57 Å². The van der Waals surface area contributed by atoms with Crippen LogP contribution in [0.2, 0.25) is 0 Å². The average molecular weight is 447 g/mol. The molecule has 0 saturated carbocycles. The van der Waals surface area contributed by atoms with Gasteiger partial charge in [-0.15, -0.1) is 0 Å². The third kappa shape index (κ3) is 3.42. The molecule has 25 heavy (non-hydrogen) atoms. The van der Waals surface area contributed by atoms with Gasteiger partial charge in [0.1, 0.15) is 5.76 Å². The predicted molar refractivity (Wildman–Crippen MR) is 99.8 cm³/mol. The van der Waals surface area contributed by atoms with E-state index in [1.165, 1.54) is 6.21 Å². The molecule has 2 N–H and O–H groups in total. The van der Waals surface area contributed by atoms with Crippen molar-refractivity contribution < 1.29 is 9.05 Å². The molecule has 3 aromatic heterocycles. The molecule has 0 aliphatic carbocycles. The maximum Gasteiger partial charge on any atom is 0.245 e. The second-order valence-electron chi connectivity index (χ2n) is 4.82. The summed E-state index contributed by atoms with van der Waals surface area (Å²) in [5.41, 5.74) is 4.30. The lowest BCUT2D eigenvalue weighted by atomic mass is 10.3. The van der Waals surface area contributed by atoms with Crippen LogP contribution in [0.1, 0.15) is 5.76 Å². The van der Waals surface area contributed by atoms with E-state index in [0.29, 0.717) is 23.0 Å². The highest BCUT2D eigenvalue weighted by molar-refractivity contribution is 14.1. The van der Waals surface area contributed by atoms with E-state index >= 15 is 0 Å². The summed E-state index contributed by atoms with van der Waals surface area (Å²) < 4.78 is 10.9. The van der Waals surface area contributed by atoms with Crippen LogP contribution in [0.5, 0.6) is 0 Å². The van der Waals surface area contributed by atoms with Gasteiger partial charge in [-0.25, -0.2) is 9.61 Å². The van der Waals surface area contributed by atoms with Gasteiger partial charge in [-0.1, -0.05) is 12.1 Å². The summed E-state index contributed by atoms with van der Waals surface area (Å²) in [6.07, 6.45) is 3.10. The molecule has 0 aliphatic rings. The van der Waals surface area contributed by atoms with Crippen LogP contribution in [-0.4, -0.2) is 26.5 Å². The number of para-hydroxylation sites is 1. The first-order valence-corrected chi connectivity index (χ1v) is 8.22. The molecule has 3 heterocycles. The van der Waals surface area contributed by atoms with Crippen molar-refractivity contribution in [3.63, 3.8) is 0 Å². The zero-order valence-electron chi connectivity index (χ0n) is 12.5. The van der Waals surface area contributed by atoms with Crippen molar-refractivity contribution in [3.8, 4) is 0 Å². The van der Waals surface area contributed by atoms with Crippen LogP contribution in [0.25, 0.3) is 11.3 Å². The number of hydrogen-bond donors (Lipinski definition) is 2. The standard InChI is InChI=1S/C15H10IN7O2/c16-10-5-1-2-6-11(10)18-12-13(20-15-14(19-12)22-25-23-15)21-17-8-9-4-3-7-24-9/h1-8H,(H,18,19,22)(H,20,21,23)/b17-8+. The van der Waals surface area contributed by atoms with E-state index in [4.69, 9.17) is 4.42 Å². The van der Waals surface area contributed by atoms with E-state index < -0.39 is 0 Å². The number of halogens is 1. The Hall–Kier alpha value is -3.02. The van der Waals surface area contributed by atoms with Gasteiger partial charge in [0.25, 0.3) is 0 Å². The van der Waals surface area contributed by atoms with E-state index in [1.54, 1.807) is 18.4 Å². The zero-order chi connectivity index (χ0) is 17.1. The van der Waals surface area contributed by atoms with E-state index in [0.717, 1.165) is 9.26 Å². The fraction of sp³-hybridized carbons (Fsp3) is 0. The summed E-state index contributed by atoms with van der Waals surface area (Å²) in [5, 5.41) is 14.8. The number of fused-ring (bicyclic) bond motifs is 1. The molecule has 10 heteroatoms. The summed E-state index contributed by atoms with van der Waals surface area (Å²) in [4.78, 5) is 8.71. The summed E-state index contributed by atoms with van der Waals surface area (Å²) in [5.74, 6) is 1.44. The Labute approximate surface area is 154 Å². The minimum Gasteiger partial charge on any atom is -0.463 e. The van der Waals surface area contributed by atoms with Gasteiger partial charge >= 0.3 is 0 Å². The number of anilines is 3. The molecule has 0 atom stereocenters. The van der Waals surface area contributed by atoms with E-state index in [-0.39, 0.29) is 5.65 Å². The molecule has 1 aromatic carbocycles. The van der Waals surface area contributed by atoms with Gasteiger partial charge in [0.05, 0.1) is 18.2 Å². The SMILES string of the molecule is Ic1ccccc1Nc1nc2nonc2nc1N/N=C/c1ccco1. The van der Waals surface area contributed by atoms with Crippen molar-refractivity contribution in [2.24, 2.45) is 5.10 Å². The van der Waals surface area contributed by atoms with Crippen molar-refractivity contribution in [3.05, 3.63) is 52.0 Å². The smallest absolute Gasteiger partial charge is 0.245 e. The molecule has 0 unspecified atom stereocenters. The Morgan fingerprint density at radius 1 is 1.00 bits per heavy atom. The third-order valence-electron chi connectivity index (χ3n) is 3.15. The van der Waals surface area contributed by atoms with Crippen molar-refractivity contribution in [2.75, 3.05) is 10.7 Å². The minimum atomic E-state index is 0.281. The van der Waals surface area contributed by atoms with Crippen LogP contribution in [0.3, 0.4) is 0 Å². The number of benzene rings is 1. The monoisotopic (exact) mass is 447 g/mol. The number of furan rings is 1. The van der Waals surface area contributed by atoms with Gasteiger partial charge in [-0.05, 0) is 57.2 Å². The minimum absolute atomic E-state index is 0.281. The zero-order valence-corrected chi connectivity index (χ0v) is 14.7. The molecule has 0 spiro atoms. The van der Waals surface area contributed by atoms with Crippen molar-refractivity contribution >= 4 is 57.4 Å². The number of nitrogens with zero attached hydrogens (tertiary/aromatic N) is 5. The lowest BCUT2D eigenvalue weighted by molar-refractivity contribution is 0.314. The van der Waals surface area contributed by atoms with Crippen LogP contribution in [0, 0.1) is 3.57 Å². The fourth-order valence-electron chi connectivity index (χ4n) is 2.01. The van der Waals surface area contributed by atoms with Crippen molar-refractivity contribution in [2.45, 2.75) is 0 Å². The van der Waals surface area contributed by atoms with E-state index in [1.807, 2.05) is 24.3 Å². The number of aromatic nitrogens is 4. The van der Waals surface area contributed by atoms with Gasteiger partial charge in [-0.2, -0.15) is 10.1 Å². The van der Waals surface area contributed by atoms with Crippen LogP contribution < -0.4 is 10.7 Å². The number of rotatable bonds is 5. The first-order chi connectivity index (χ1) is 12.3. The molecule has 124 valence electrons. The van der Waals surface area contributed by atoms with Gasteiger partial charge in [-0.3, -0.25) is 5.43 Å². The summed E-state index contributed by atoms with van der Waals surface area (Å²) in [6.45, 7) is 0. The summed E-state index contributed by atoms with van der Waals surface area (Å²) in [6, 6.07) is 11.4. The second-order valence-corrected chi connectivity index (χ2v) is 5.98. The fourth-order valence-corrected chi connectivity index (χ4v) is 2.54.